The van der Waals surface area contributed by atoms with Crippen molar-refractivity contribution in [3.63, 3.8) is 0 Å². The fourth-order valence-corrected chi connectivity index (χ4v) is 5.87. The van der Waals surface area contributed by atoms with Crippen molar-refractivity contribution in [1.29, 1.82) is 0 Å². The molecule has 1 heterocycles. The van der Waals surface area contributed by atoms with Crippen LogP contribution < -0.4 is 21.3 Å². The molecule has 1 fully saturated rings. The molecule has 0 spiro atoms. The molecule has 1 saturated heterocycles. The van der Waals surface area contributed by atoms with E-state index < -0.39 is 23.5 Å². The van der Waals surface area contributed by atoms with Crippen LogP contribution in [-0.2, 0) is 36.9 Å². The average molecular weight is 761 g/mol. The summed E-state index contributed by atoms with van der Waals surface area (Å²) in [5.74, 6) is -2.46. The Morgan fingerprint density at radius 2 is 1.58 bits per heavy atom. The van der Waals surface area contributed by atoms with E-state index in [9.17, 15) is 23.6 Å². The number of hydrogen-bond donors (Lipinski definition) is 4. The topological polar surface area (TPSA) is 141 Å². The first-order chi connectivity index (χ1) is 25.4. The Hall–Kier alpha value is -3.62. The SMILES string of the molecule is CCC(C)(CC)NC(=O)CCOCCOCCN(C)CCCNC(=O)C(=O)NCc1ccc(C(=O)Nc2ccc(Cl)c(F)c2)cc1CN1CCCCC1. The molecule has 12 nitrogen and oxygen atoms in total. The number of benzene rings is 2. The predicted octanol–water partition coefficient (Wildman–Crippen LogP) is 4.89. The maximum absolute atomic E-state index is 13.9. The van der Waals surface area contributed by atoms with Gasteiger partial charge in [0, 0.05) is 49.4 Å². The second-order valence-corrected chi connectivity index (χ2v) is 14.2. The zero-order chi connectivity index (χ0) is 38.6. The number of hydrogen-bond acceptors (Lipinski definition) is 8. The van der Waals surface area contributed by atoms with Crippen LogP contribution in [0.5, 0.6) is 0 Å². The van der Waals surface area contributed by atoms with Gasteiger partial charge in [-0.3, -0.25) is 24.1 Å². The lowest BCUT2D eigenvalue weighted by Gasteiger charge is -2.28. The average Bonchev–Trinajstić information content (AvgIpc) is 3.15. The summed E-state index contributed by atoms with van der Waals surface area (Å²) in [5, 5.41) is 11.1. The number of piperidine rings is 1. The maximum Gasteiger partial charge on any atom is 0.309 e. The smallest absolute Gasteiger partial charge is 0.309 e. The van der Waals surface area contributed by atoms with Gasteiger partial charge in [-0.1, -0.05) is 37.9 Å². The van der Waals surface area contributed by atoms with Crippen LogP contribution in [0.3, 0.4) is 0 Å². The number of nitrogens with one attached hydrogen (secondary N) is 4. The van der Waals surface area contributed by atoms with Gasteiger partial charge in [0.05, 0.1) is 31.5 Å². The highest BCUT2D eigenvalue weighted by Crippen LogP contribution is 2.22. The summed E-state index contributed by atoms with van der Waals surface area (Å²) in [7, 11) is 1.96. The number of likely N-dealkylation sites (N-methyl/N-ethyl adjacent to an activating group) is 1. The van der Waals surface area contributed by atoms with Crippen molar-refractivity contribution in [3.8, 4) is 0 Å². The highest BCUT2D eigenvalue weighted by atomic mass is 35.5. The van der Waals surface area contributed by atoms with E-state index in [2.05, 4.69) is 44.9 Å². The summed E-state index contributed by atoms with van der Waals surface area (Å²) in [5.41, 5.74) is 2.18. The molecule has 2 aromatic rings. The van der Waals surface area contributed by atoms with Crippen molar-refractivity contribution < 1.29 is 33.0 Å². The van der Waals surface area contributed by atoms with Gasteiger partial charge in [0.2, 0.25) is 5.91 Å². The van der Waals surface area contributed by atoms with Crippen molar-refractivity contribution in [3.05, 3.63) is 63.9 Å². The van der Waals surface area contributed by atoms with E-state index in [1.807, 2.05) is 14.0 Å². The first-order valence-electron chi connectivity index (χ1n) is 18.7. The second-order valence-electron chi connectivity index (χ2n) is 13.8. The minimum atomic E-state index is -0.731. The number of nitrogens with zero attached hydrogens (tertiary/aromatic N) is 2. The zero-order valence-corrected chi connectivity index (χ0v) is 32.5. The molecule has 4 N–H and O–H groups in total. The van der Waals surface area contributed by atoms with E-state index in [0.717, 1.165) is 49.9 Å². The first kappa shape index (κ1) is 43.8. The maximum atomic E-state index is 13.9. The third-order valence-electron chi connectivity index (χ3n) is 9.60. The van der Waals surface area contributed by atoms with Gasteiger partial charge in [-0.2, -0.15) is 0 Å². The molecule has 14 heteroatoms. The molecule has 0 aromatic heterocycles. The largest absolute Gasteiger partial charge is 0.379 e. The van der Waals surface area contributed by atoms with Crippen molar-refractivity contribution in [2.75, 3.05) is 71.5 Å². The number of likely N-dealkylation sites (tertiary alicyclic amines) is 1. The molecule has 0 aliphatic carbocycles. The van der Waals surface area contributed by atoms with Gasteiger partial charge in [0.1, 0.15) is 5.82 Å². The Balaban J connectivity index is 1.34. The molecule has 0 radical (unpaired) electrons. The second kappa shape index (κ2) is 23.2. The third kappa shape index (κ3) is 16.1. The number of carbonyl (C=O) groups excluding carboxylic acids is 4. The zero-order valence-electron chi connectivity index (χ0n) is 31.8. The van der Waals surface area contributed by atoms with Gasteiger partial charge in [0.25, 0.3) is 5.91 Å². The Morgan fingerprint density at radius 3 is 2.28 bits per heavy atom. The summed E-state index contributed by atoms with van der Waals surface area (Å²) in [4.78, 5) is 54.7. The molecule has 0 saturated carbocycles. The molecule has 0 bridgehead atoms. The van der Waals surface area contributed by atoms with Crippen LogP contribution in [0.15, 0.2) is 36.4 Å². The molecule has 1 aliphatic heterocycles. The molecule has 0 unspecified atom stereocenters. The standard InChI is InChI=1S/C39H58ClFN6O6/c1-5-39(3,6-2)45-35(48)15-21-52-23-24-53-22-20-46(4)17-10-16-42-37(50)38(51)43-27-30-12-11-29(25-31(30)28-47-18-8-7-9-19-47)36(49)44-32-13-14-33(40)34(41)26-32/h11-14,25-26H,5-10,15-24,27-28H2,1-4H3,(H,42,50)(H,43,51)(H,44,49)(H,45,48). The van der Waals surface area contributed by atoms with Gasteiger partial charge in [-0.25, -0.2) is 4.39 Å². The summed E-state index contributed by atoms with van der Waals surface area (Å²) in [6, 6.07) is 9.29. The van der Waals surface area contributed by atoms with Crippen LogP contribution in [0, 0.1) is 5.82 Å². The number of anilines is 1. The lowest BCUT2D eigenvalue weighted by Crippen LogP contribution is -2.45. The quantitative estimate of drug-likeness (QED) is 0.0983. The fourth-order valence-electron chi connectivity index (χ4n) is 5.75. The van der Waals surface area contributed by atoms with Crippen molar-refractivity contribution in [1.82, 2.24) is 25.8 Å². The highest BCUT2D eigenvalue weighted by Gasteiger charge is 2.22. The van der Waals surface area contributed by atoms with Crippen LogP contribution in [0.2, 0.25) is 5.02 Å². The fraction of sp³-hybridized carbons (Fsp3) is 0.590. The molecule has 4 amide bonds. The molecule has 1 aliphatic rings. The van der Waals surface area contributed by atoms with E-state index in [0.29, 0.717) is 71.0 Å². The number of halogens is 2. The molecule has 0 atom stereocenters. The summed E-state index contributed by atoms with van der Waals surface area (Å²) in [6.45, 7) is 12.2. The lowest BCUT2D eigenvalue weighted by molar-refractivity contribution is -0.139. The van der Waals surface area contributed by atoms with Crippen LogP contribution in [0.1, 0.15) is 87.2 Å². The predicted molar refractivity (Wildman–Crippen MR) is 205 cm³/mol. The summed E-state index contributed by atoms with van der Waals surface area (Å²) < 4.78 is 25.1. The van der Waals surface area contributed by atoms with E-state index in [1.54, 1.807) is 18.2 Å². The van der Waals surface area contributed by atoms with Crippen LogP contribution in [0.25, 0.3) is 0 Å². The first-order valence-corrected chi connectivity index (χ1v) is 19.1. The number of amides is 4. The molecular formula is C39H58ClFN6O6. The normalized spacial score (nSPS) is 13.5. The van der Waals surface area contributed by atoms with Gasteiger partial charge in [-0.05, 0) is 107 Å². The molecule has 3 rings (SSSR count). The molecular weight excluding hydrogens is 703 g/mol. The van der Waals surface area contributed by atoms with Crippen molar-refractivity contribution in [2.24, 2.45) is 0 Å². The van der Waals surface area contributed by atoms with Crippen LogP contribution >= 0.6 is 11.6 Å². The van der Waals surface area contributed by atoms with E-state index in [1.165, 1.54) is 24.6 Å². The Labute approximate surface area is 318 Å². The van der Waals surface area contributed by atoms with Gasteiger partial charge in [-0.15, -0.1) is 0 Å². The van der Waals surface area contributed by atoms with E-state index in [-0.39, 0.29) is 28.7 Å². The summed E-state index contributed by atoms with van der Waals surface area (Å²) >= 11 is 5.77. The van der Waals surface area contributed by atoms with Gasteiger partial charge < -0.3 is 35.6 Å². The van der Waals surface area contributed by atoms with E-state index in [4.69, 9.17) is 21.1 Å². The highest BCUT2D eigenvalue weighted by molar-refractivity contribution is 6.35. The minimum Gasteiger partial charge on any atom is -0.379 e. The minimum absolute atomic E-state index is 0.00402. The Kier molecular flexibility index (Phi) is 19.2. The number of ether oxygens (including phenoxy) is 2. The molecule has 294 valence electrons. The Morgan fingerprint density at radius 1 is 0.887 bits per heavy atom. The van der Waals surface area contributed by atoms with Crippen LogP contribution in [0.4, 0.5) is 10.1 Å². The van der Waals surface area contributed by atoms with Crippen LogP contribution in [-0.4, -0.2) is 105 Å². The van der Waals surface area contributed by atoms with Gasteiger partial charge >= 0.3 is 11.8 Å². The summed E-state index contributed by atoms with van der Waals surface area (Å²) in [6.07, 6.45) is 6.10. The number of carbonyl (C=O) groups is 4. The molecule has 2 aromatic carbocycles. The monoisotopic (exact) mass is 760 g/mol. The van der Waals surface area contributed by atoms with Crippen molar-refractivity contribution in [2.45, 2.75) is 84.3 Å². The molecule has 53 heavy (non-hydrogen) atoms. The number of rotatable bonds is 22. The van der Waals surface area contributed by atoms with Gasteiger partial charge in [0.15, 0.2) is 0 Å². The lowest BCUT2D eigenvalue weighted by atomic mass is 9.95. The third-order valence-corrected chi connectivity index (χ3v) is 9.91. The van der Waals surface area contributed by atoms with Crippen molar-refractivity contribution >= 4 is 40.9 Å². The Bertz CT molecular complexity index is 1490. The van der Waals surface area contributed by atoms with E-state index >= 15 is 0 Å².